The lowest BCUT2D eigenvalue weighted by molar-refractivity contribution is 0.122. The van der Waals surface area contributed by atoms with Crippen LogP contribution in [0.15, 0.2) is 61.1 Å². The molecule has 1 aliphatic rings. The lowest BCUT2D eigenvalue weighted by Crippen LogP contribution is -2.36. The minimum atomic E-state index is 0. The Labute approximate surface area is 204 Å². The summed E-state index contributed by atoms with van der Waals surface area (Å²) >= 11 is 0. The van der Waals surface area contributed by atoms with Gasteiger partial charge in [-0.3, -0.25) is 4.98 Å². The number of fused-ring (bicyclic) bond motifs is 1. The van der Waals surface area contributed by atoms with E-state index in [1.54, 1.807) is 20.4 Å². The number of nitrogens with one attached hydrogen (secondary N) is 1. The third-order valence-electron chi connectivity index (χ3n) is 5.85. The molecule has 0 aliphatic carbocycles. The Bertz CT molecular complexity index is 1210. The molecule has 2 aromatic heterocycles. The zero-order chi connectivity index (χ0) is 22.6. The van der Waals surface area contributed by atoms with Crippen molar-refractivity contribution in [1.82, 2.24) is 15.0 Å². The van der Waals surface area contributed by atoms with Crippen molar-refractivity contribution in [3.8, 4) is 11.5 Å². The van der Waals surface area contributed by atoms with Crippen LogP contribution < -0.4 is 19.3 Å². The van der Waals surface area contributed by atoms with E-state index in [-0.39, 0.29) is 12.4 Å². The minimum absolute atomic E-state index is 0. The number of ether oxygens (including phenoxy) is 3. The second-order valence-corrected chi connectivity index (χ2v) is 7.86. The van der Waals surface area contributed by atoms with Crippen molar-refractivity contribution in [1.29, 1.82) is 0 Å². The molecule has 0 saturated carbocycles. The van der Waals surface area contributed by atoms with Gasteiger partial charge < -0.3 is 29.0 Å². The zero-order valence-corrected chi connectivity index (χ0v) is 20.0. The third-order valence-corrected chi connectivity index (χ3v) is 5.85. The van der Waals surface area contributed by atoms with Gasteiger partial charge in [0.05, 0.1) is 51.4 Å². The van der Waals surface area contributed by atoms with E-state index in [0.717, 1.165) is 71.6 Å². The van der Waals surface area contributed by atoms with Crippen molar-refractivity contribution in [2.24, 2.45) is 0 Å². The minimum Gasteiger partial charge on any atom is -0.497 e. The predicted octanol–water partition coefficient (Wildman–Crippen LogP) is 4.57. The maximum atomic E-state index is 5.52. The second kappa shape index (κ2) is 10.6. The number of hydrogen-bond donors (Lipinski definition) is 1. The summed E-state index contributed by atoms with van der Waals surface area (Å²) in [6, 6.07) is 14.4. The van der Waals surface area contributed by atoms with Gasteiger partial charge in [-0.15, -0.1) is 12.4 Å². The Balaban J connectivity index is 0.00000274. The maximum Gasteiger partial charge on any atom is 0.126 e. The van der Waals surface area contributed by atoms with Gasteiger partial charge in [-0.25, -0.2) is 4.98 Å². The van der Waals surface area contributed by atoms with Gasteiger partial charge in [-0.1, -0.05) is 0 Å². The quantitative estimate of drug-likeness (QED) is 0.414. The number of hydrogen-bond acceptors (Lipinski definition) is 7. The largest absolute Gasteiger partial charge is 0.497 e. The van der Waals surface area contributed by atoms with E-state index < -0.39 is 0 Å². The van der Waals surface area contributed by atoms with Crippen LogP contribution in [0, 0.1) is 0 Å². The van der Waals surface area contributed by atoms with E-state index in [1.807, 2.05) is 30.6 Å². The van der Waals surface area contributed by atoms with Crippen molar-refractivity contribution in [3.05, 3.63) is 66.9 Å². The Kier molecular flexibility index (Phi) is 7.40. The summed E-state index contributed by atoms with van der Waals surface area (Å²) in [5.74, 6) is 2.31. The number of H-pyrrole nitrogens is 1. The van der Waals surface area contributed by atoms with Crippen LogP contribution in [0.4, 0.5) is 17.1 Å². The first-order chi connectivity index (χ1) is 16.2. The molecule has 4 aromatic rings. The highest BCUT2D eigenvalue weighted by Gasteiger charge is 2.16. The first kappa shape index (κ1) is 23.7. The fraction of sp³-hybridized carbons (Fsp3) is 0.280. The molecule has 8 nitrogen and oxygen atoms in total. The average molecular weight is 482 g/mol. The van der Waals surface area contributed by atoms with Crippen molar-refractivity contribution in [2.75, 3.05) is 50.3 Å². The summed E-state index contributed by atoms with van der Waals surface area (Å²) in [7, 11) is 3.31. The van der Waals surface area contributed by atoms with Gasteiger partial charge in [-0.2, -0.15) is 0 Å². The molecule has 9 heteroatoms. The van der Waals surface area contributed by atoms with Crippen LogP contribution in [0.3, 0.4) is 0 Å². The molecular weight excluding hydrogens is 454 g/mol. The zero-order valence-electron chi connectivity index (χ0n) is 19.2. The number of methoxy groups -OCH3 is 2. The molecule has 0 amide bonds. The number of morpholine rings is 1. The SMILES string of the molecule is COc1cc(OC)cc(N(Cc2ncc[nH]2)c2ccc3ncc(N4CCOCC4)cc3c2)c1.Cl. The normalized spacial score (nSPS) is 13.4. The fourth-order valence-electron chi connectivity index (χ4n) is 4.08. The van der Waals surface area contributed by atoms with E-state index in [4.69, 9.17) is 19.2 Å². The van der Waals surface area contributed by atoms with Gasteiger partial charge in [0.1, 0.15) is 17.3 Å². The van der Waals surface area contributed by atoms with E-state index in [0.29, 0.717) is 6.54 Å². The number of imidazole rings is 1. The molecule has 34 heavy (non-hydrogen) atoms. The van der Waals surface area contributed by atoms with E-state index in [1.165, 1.54) is 0 Å². The number of halogens is 1. The molecule has 0 radical (unpaired) electrons. The van der Waals surface area contributed by atoms with Gasteiger partial charge in [0, 0.05) is 60.4 Å². The maximum absolute atomic E-state index is 5.52. The molecule has 3 heterocycles. The Morgan fingerprint density at radius 1 is 0.971 bits per heavy atom. The number of aromatic nitrogens is 3. The Morgan fingerprint density at radius 2 is 1.74 bits per heavy atom. The molecule has 0 unspecified atom stereocenters. The molecule has 178 valence electrons. The van der Waals surface area contributed by atoms with Crippen LogP contribution in [0.25, 0.3) is 10.9 Å². The highest BCUT2D eigenvalue weighted by molar-refractivity contribution is 5.86. The number of pyridine rings is 1. The summed E-state index contributed by atoms with van der Waals surface area (Å²) in [6.45, 7) is 3.80. The summed E-state index contributed by atoms with van der Waals surface area (Å²) in [5, 5.41) is 1.08. The first-order valence-corrected chi connectivity index (χ1v) is 10.9. The molecule has 0 bridgehead atoms. The standard InChI is InChI=1S/C25H27N5O3.ClH/c1-31-22-13-20(14-23(15-22)32-2)30(17-25-26-5-6-27-25)19-3-4-24-18(11-19)12-21(16-28-24)29-7-9-33-10-8-29;/h3-6,11-16H,7-10,17H2,1-2H3,(H,26,27);1H. The number of benzene rings is 2. The molecule has 1 N–H and O–H groups in total. The summed E-state index contributed by atoms with van der Waals surface area (Å²) in [5.41, 5.74) is 4.04. The van der Waals surface area contributed by atoms with Crippen molar-refractivity contribution >= 4 is 40.4 Å². The van der Waals surface area contributed by atoms with Gasteiger partial charge in [0.25, 0.3) is 0 Å². The highest BCUT2D eigenvalue weighted by Crippen LogP contribution is 2.35. The van der Waals surface area contributed by atoms with Crippen LogP contribution >= 0.6 is 12.4 Å². The molecule has 5 rings (SSSR count). The highest BCUT2D eigenvalue weighted by atomic mass is 35.5. The van der Waals surface area contributed by atoms with Crippen LogP contribution in [0.5, 0.6) is 11.5 Å². The van der Waals surface area contributed by atoms with Crippen molar-refractivity contribution in [2.45, 2.75) is 6.54 Å². The van der Waals surface area contributed by atoms with Gasteiger partial charge in [-0.05, 0) is 24.3 Å². The van der Waals surface area contributed by atoms with E-state index in [9.17, 15) is 0 Å². The van der Waals surface area contributed by atoms with Gasteiger partial charge in [0.2, 0.25) is 0 Å². The summed E-state index contributed by atoms with van der Waals surface area (Å²) < 4.78 is 16.5. The van der Waals surface area contributed by atoms with Crippen LogP contribution in [-0.4, -0.2) is 55.5 Å². The third kappa shape index (κ3) is 5.03. The first-order valence-electron chi connectivity index (χ1n) is 10.9. The average Bonchev–Trinajstić information content (AvgIpc) is 3.40. The number of anilines is 3. The van der Waals surface area contributed by atoms with E-state index in [2.05, 4.69) is 44.0 Å². The van der Waals surface area contributed by atoms with Gasteiger partial charge >= 0.3 is 0 Å². The summed E-state index contributed by atoms with van der Waals surface area (Å²) in [4.78, 5) is 16.8. The molecule has 0 spiro atoms. The number of aromatic amines is 1. The summed E-state index contributed by atoms with van der Waals surface area (Å²) in [6.07, 6.45) is 5.54. The monoisotopic (exact) mass is 481 g/mol. The molecule has 1 aliphatic heterocycles. The van der Waals surface area contributed by atoms with E-state index >= 15 is 0 Å². The molecule has 0 atom stereocenters. The number of nitrogens with zero attached hydrogens (tertiary/aromatic N) is 4. The van der Waals surface area contributed by atoms with Crippen LogP contribution in [-0.2, 0) is 11.3 Å². The Hall–Kier alpha value is -3.49. The molecule has 2 aromatic carbocycles. The predicted molar refractivity (Wildman–Crippen MR) is 136 cm³/mol. The topological polar surface area (TPSA) is 75.7 Å². The fourth-order valence-corrected chi connectivity index (χ4v) is 4.08. The van der Waals surface area contributed by atoms with Gasteiger partial charge in [0.15, 0.2) is 0 Å². The lowest BCUT2D eigenvalue weighted by Gasteiger charge is -2.29. The second-order valence-electron chi connectivity index (χ2n) is 7.86. The molecule has 1 saturated heterocycles. The lowest BCUT2D eigenvalue weighted by atomic mass is 10.1. The molecular formula is C25H28ClN5O3. The van der Waals surface area contributed by atoms with Crippen LogP contribution in [0.1, 0.15) is 5.82 Å². The molecule has 1 fully saturated rings. The smallest absolute Gasteiger partial charge is 0.126 e. The van der Waals surface area contributed by atoms with Crippen molar-refractivity contribution < 1.29 is 14.2 Å². The Morgan fingerprint density at radius 3 is 2.41 bits per heavy atom. The number of rotatable bonds is 7. The van der Waals surface area contributed by atoms with Crippen LogP contribution in [0.2, 0.25) is 0 Å². The van der Waals surface area contributed by atoms with Crippen molar-refractivity contribution in [3.63, 3.8) is 0 Å².